The molecule has 36 heavy (non-hydrogen) atoms. The molecule has 0 spiro atoms. The van der Waals surface area contributed by atoms with E-state index in [0.29, 0.717) is 18.9 Å². The largest absolute Gasteiger partial charge is 0.347 e. The smallest absolute Gasteiger partial charge is 0.264 e. The number of benzene rings is 2. The van der Waals surface area contributed by atoms with Crippen LogP contribution in [0.4, 0.5) is 26.3 Å². The topological polar surface area (TPSA) is 51.1 Å². The molecular formula is C25H26F6N2O2S. The van der Waals surface area contributed by atoms with Gasteiger partial charge in [-0.3, -0.25) is 0 Å². The number of aromatic nitrogens is 1. The highest BCUT2D eigenvalue weighted by Crippen LogP contribution is 2.40. The first-order valence-corrected chi connectivity index (χ1v) is 12.9. The normalized spacial score (nSPS) is 15.9. The number of halogens is 6. The van der Waals surface area contributed by atoms with E-state index in [-0.39, 0.29) is 39.6 Å². The molecule has 0 amide bonds. The van der Waals surface area contributed by atoms with Crippen molar-refractivity contribution in [3.05, 3.63) is 59.3 Å². The predicted molar refractivity (Wildman–Crippen MR) is 126 cm³/mol. The molecule has 4 nitrogen and oxygen atoms in total. The summed E-state index contributed by atoms with van der Waals surface area (Å²) in [6.07, 6.45) is -4.11. The second kappa shape index (κ2) is 9.41. The van der Waals surface area contributed by atoms with Crippen LogP contribution in [0.1, 0.15) is 57.2 Å². The Bertz CT molecular complexity index is 1390. The number of fused-ring (bicyclic) bond motifs is 1. The lowest BCUT2D eigenvalue weighted by Gasteiger charge is -2.20. The summed E-state index contributed by atoms with van der Waals surface area (Å²) in [6.45, 7) is 5.94. The number of hydrogen-bond acceptors (Lipinski definition) is 2. The van der Waals surface area contributed by atoms with Crippen LogP contribution in [0, 0.1) is 17.0 Å². The average Bonchev–Trinajstić information content (AvgIpc) is 3.56. The predicted octanol–water partition coefficient (Wildman–Crippen LogP) is 6.96. The van der Waals surface area contributed by atoms with Gasteiger partial charge in [-0.15, -0.1) is 0 Å². The maximum absolute atomic E-state index is 15.3. The van der Waals surface area contributed by atoms with Crippen molar-refractivity contribution in [2.45, 2.75) is 64.3 Å². The molecule has 0 aliphatic heterocycles. The molecule has 1 fully saturated rings. The molecule has 0 radical (unpaired) electrons. The van der Waals surface area contributed by atoms with Crippen molar-refractivity contribution in [2.24, 2.45) is 5.41 Å². The van der Waals surface area contributed by atoms with Crippen molar-refractivity contribution >= 4 is 20.9 Å². The number of rotatable bonds is 8. The number of alkyl halides is 4. The molecule has 1 heterocycles. The van der Waals surface area contributed by atoms with Crippen molar-refractivity contribution in [3.63, 3.8) is 0 Å². The van der Waals surface area contributed by atoms with Crippen LogP contribution in [0.2, 0.25) is 0 Å². The second-order valence-electron chi connectivity index (χ2n) is 10.3. The van der Waals surface area contributed by atoms with Gasteiger partial charge in [0.2, 0.25) is 10.0 Å². The number of sulfonamides is 1. The zero-order valence-electron chi connectivity index (χ0n) is 19.8. The quantitative estimate of drug-likeness (QED) is 0.319. The summed E-state index contributed by atoms with van der Waals surface area (Å²) in [4.78, 5) is 0. The monoisotopic (exact) mass is 532 g/mol. The molecule has 0 unspecified atom stereocenters. The van der Waals surface area contributed by atoms with Gasteiger partial charge in [-0.2, -0.15) is 0 Å². The summed E-state index contributed by atoms with van der Waals surface area (Å²) in [5, 5.41) is -0.707. The summed E-state index contributed by atoms with van der Waals surface area (Å²) in [7, 11) is -4.01. The van der Waals surface area contributed by atoms with Gasteiger partial charge < -0.3 is 4.57 Å². The Morgan fingerprint density at radius 2 is 1.67 bits per heavy atom. The molecule has 1 saturated carbocycles. The van der Waals surface area contributed by atoms with E-state index in [2.05, 4.69) is 4.72 Å². The minimum atomic E-state index is -4.01. The lowest BCUT2D eigenvalue weighted by molar-refractivity contribution is 0.109. The van der Waals surface area contributed by atoms with Crippen LogP contribution in [0.15, 0.2) is 36.5 Å². The van der Waals surface area contributed by atoms with E-state index in [9.17, 15) is 30.4 Å². The highest BCUT2D eigenvalue weighted by molar-refractivity contribution is 7.90. The van der Waals surface area contributed by atoms with Crippen LogP contribution in [0.3, 0.4) is 0 Å². The molecule has 1 aromatic heterocycles. The van der Waals surface area contributed by atoms with Crippen molar-refractivity contribution in [1.29, 1.82) is 0 Å². The summed E-state index contributed by atoms with van der Waals surface area (Å²) in [5.74, 6) is -1.89. The molecule has 1 atom stereocenters. The fraction of sp³-hybridized carbons (Fsp3) is 0.440. The molecule has 1 aliphatic rings. The fourth-order valence-corrected chi connectivity index (χ4v) is 5.83. The Kier molecular flexibility index (Phi) is 6.93. The molecule has 2 aromatic carbocycles. The van der Waals surface area contributed by atoms with Crippen LogP contribution in [-0.4, -0.2) is 24.7 Å². The third kappa shape index (κ3) is 5.41. The van der Waals surface area contributed by atoms with Crippen LogP contribution in [0.5, 0.6) is 0 Å². The summed E-state index contributed by atoms with van der Waals surface area (Å²) in [6, 6.07) is 2.89. The molecule has 0 bridgehead atoms. The molecule has 0 saturated heterocycles. The lowest BCUT2D eigenvalue weighted by Crippen LogP contribution is -2.35. The Hall–Kier alpha value is -2.53. The van der Waals surface area contributed by atoms with Gasteiger partial charge in [0.25, 0.3) is 12.9 Å². The molecule has 3 aromatic rings. The minimum absolute atomic E-state index is 0.0324. The third-order valence-electron chi connectivity index (χ3n) is 6.03. The van der Waals surface area contributed by atoms with Crippen LogP contribution < -0.4 is 4.72 Å². The Morgan fingerprint density at radius 3 is 2.22 bits per heavy atom. The van der Waals surface area contributed by atoms with Crippen LogP contribution in [0.25, 0.3) is 22.0 Å². The molecule has 1 aliphatic carbocycles. The van der Waals surface area contributed by atoms with Gasteiger partial charge in [-0.05, 0) is 48.1 Å². The Balaban J connectivity index is 1.93. The second-order valence-corrected chi connectivity index (χ2v) is 12.3. The van der Waals surface area contributed by atoms with Gasteiger partial charge >= 0.3 is 0 Å². The molecule has 196 valence electrons. The number of nitrogens with one attached hydrogen (secondary N) is 1. The average molecular weight is 533 g/mol. The van der Waals surface area contributed by atoms with Crippen molar-refractivity contribution in [3.8, 4) is 11.1 Å². The highest BCUT2D eigenvalue weighted by Gasteiger charge is 2.40. The Morgan fingerprint density at radius 1 is 1.00 bits per heavy atom. The van der Waals surface area contributed by atoms with Gasteiger partial charge in [0, 0.05) is 40.3 Å². The van der Waals surface area contributed by atoms with E-state index in [1.165, 1.54) is 12.3 Å². The number of hydrogen-bond donors (Lipinski definition) is 1. The Labute approximate surface area is 205 Å². The number of nitrogens with zero attached hydrogens (tertiary/aromatic N) is 1. The van der Waals surface area contributed by atoms with E-state index in [1.807, 2.05) is 20.8 Å². The lowest BCUT2D eigenvalue weighted by atomic mass is 9.96. The van der Waals surface area contributed by atoms with Crippen molar-refractivity contribution in [1.82, 2.24) is 9.29 Å². The van der Waals surface area contributed by atoms with Gasteiger partial charge in [0.15, 0.2) is 0 Å². The standard InChI is InChI=1S/C25H26F6N2O2S/c1-25(2,3)12-33-11-19(22(24(30)31)32-36(34,35)14-5-6-14)17-9-20(27)16(10-21(17)33)15-7-4-13(26)8-18(15)23(28)29/h4,7-11,14,22-24,32H,5-6,12H2,1-3H3/t22-/m0/s1. The van der Waals surface area contributed by atoms with E-state index in [0.717, 1.165) is 18.2 Å². The highest BCUT2D eigenvalue weighted by atomic mass is 32.2. The van der Waals surface area contributed by atoms with Gasteiger partial charge in [-0.25, -0.2) is 39.5 Å². The van der Waals surface area contributed by atoms with Gasteiger partial charge in [-0.1, -0.05) is 26.8 Å². The maximum Gasteiger partial charge on any atom is 0.264 e. The summed E-state index contributed by atoms with van der Waals surface area (Å²) in [5.41, 5.74) is -1.40. The van der Waals surface area contributed by atoms with Crippen LogP contribution >= 0.6 is 0 Å². The van der Waals surface area contributed by atoms with Crippen molar-refractivity contribution < 1.29 is 34.8 Å². The van der Waals surface area contributed by atoms with E-state index in [4.69, 9.17) is 0 Å². The molecular weight excluding hydrogens is 506 g/mol. The molecule has 4 rings (SSSR count). The SMILES string of the molecule is CC(C)(C)Cn1cc([C@H](NS(=O)(=O)C2CC2)C(F)F)c2cc(F)c(-c3ccc(F)cc3C(F)F)cc21. The van der Waals surface area contributed by atoms with E-state index >= 15 is 4.39 Å². The van der Waals surface area contributed by atoms with E-state index in [1.54, 1.807) is 4.57 Å². The molecule has 11 heteroatoms. The summed E-state index contributed by atoms with van der Waals surface area (Å²) < 4.78 is 113. The van der Waals surface area contributed by atoms with Crippen molar-refractivity contribution in [2.75, 3.05) is 0 Å². The van der Waals surface area contributed by atoms with Crippen LogP contribution in [-0.2, 0) is 16.6 Å². The zero-order valence-corrected chi connectivity index (χ0v) is 20.7. The maximum atomic E-state index is 15.3. The zero-order chi connectivity index (χ0) is 26.6. The minimum Gasteiger partial charge on any atom is -0.347 e. The van der Waals surface area contributed by atoms with Gasteiger partial charge in [0.05, 0.1) is 5.25 Å². The van der Waals surface area contributed by atoms with E-state index < -0.39 is 51.4 Å². The first-order chi connectivity index (χ1) is 16.7. The molecule has 1 N–H and O–H groups in total. The first kappa shape index (κ1) is 26.5. The first-order valence-electron chi connectivity index (χ1n) is 11.4. The third-order valence-corrected chi connectivity index (χ3v) is 7.96. The summed E-state index contributed by atoms with van der Waals surface area (Å²) >= 11 is 0. The van der Waals surface area contributed by atoms with Gasteiger partial charge in [0.1, 0.15) is 17.7 Å². The fourth-order valence-electron chi connectivity index (χ4n) is 4.30.